The van der Waals surface area contributed by atoms with E-state index in [1.165, 1.54) is 0 Å². The Kier molecular flexibility index (Phi) is 3.00. The Bertz CT molecular complexity index is 256. The second-order valence-corrected chi connectivity index (χ2v) is 2.72. The van der Waals surface area contributed by atoms with E-state index >= 15 is 0 Å². The van der Waals surface area contributed by atoms with Crippen LogP contribution in [0.1, 0.15) is 0 Å². The first-order valence-electron chi connectivity index (χ1n) is 2.92. The van der Waals surface area contributed by atoms with Crippen LogP contribution in [0.15, 0.2) is 29.9 Å². The Balaban J connectivity index is 0.000000605. The van der Waals surface area contributed by atoms with Crippen molar-refractivity contribution in [1.29, 1.82) is 0 Å². The smallest absolute Gasteiger partial charge is 0.0493 e. The SMILES string of the molecule is [Ir].[c-]1ccsc1-n1cccn1. The molecule has 2 aromatic rings. The number of hydrogen-bond donors (Lipinski definition) is 0. The predicted octanol–water partition coefficient (Wildman–Crippen LogP) is 1.73. The molecular weight excluding hydrogens is 336 g/mol. The van der Waals surface area contributed by atoms with Crippen LogP contribution in [0.5, 0.6) is 0 Å². The van der Waals surface area contributed by atoms with E-state index in [0.29, 0.717) is 0 Å². The van der Waals surface area contributed by atoms with Gasteiger partial charge in [0.05, 0.1) is 0 Å². The molecule has 0 atom stereocenters. The van der Waals surface area contributed by atoms with E-state index in [0.717, 1.165) is 5.00 Å². The average Bonchev–Trinajstić information content (AvgIpc) is 2.59. The van der Waals surface area contributed by atoms with Gasteiger partial charge in [-0.25, -0.2) is 23.5 Å². The quantitative estimate of drug-likeness (QED) is 0.723. The molecule has 4 heteroatoms. The van der Waals surface area contributed by atoms with Crippen LogP contribution in [0.4, 0.5) is 0 Å². The van der Waals surface area contributed by atoms with Gasteiger partial charge in [0.2, 0.25) is 0 Å². The van der Waals surface area contributed by atoms with Crippen molar-refractivity contribution in [2.75, 3.05) is 0 Å². The zero-order valence-corrected chi connectivity index (χ0v) is 8.73. The molecule has 0 N–H and O–H groups in total. The van der Waals surface area contributed by atoms with Gasteiger partial charge >= 0.3 is 0 Å². The van der Waals surface area contributed by atoms with Crippen molar-refractivity contribution in [3.05, 3.63) is 36.0 Å². The third kappa shape index (κ3) is 1.77. The molecule has 0 unspecified atom stereocenters. The summed E-state index contributed by atoms with van der Waals surface area (Å²) in [4.78, 5) is 0. The summed E-state index contributed by atoms with van der Waals surface area (Å²) in [5.41, 5.74) is 0. The van der Waals surface area contributed by atoms with Crippen LogP contribution in [0.25, 0.3) is 5.00 Å². The molecule has 0 spiro atoms. The van der Waals surface area contributed by atoms with E-state index in [2.05, 4.69) is 11.2 Å². The molecule has 0 amide bonds. The maximum atomic E-state index is 4.05. The van der Waals surface area contributed by atoms with E-state index in [9.17, 15) is 0 Å². The maximum Gasteiger partial charge on any atom is 0.0493 e. The van der Waals surface area contributed by atoms with Gasteiger partial charge in [-0.15, -0.1) is 0 Å². The maximum absolute atomic E-state index is 4.05. The molecule has 2 nitrogen and oxygen atoms in total. The fourth-order valence-electron chi connectivity index (χ4n) is 0.747. The van der Waals surface area contributed by atoms with Crippen molar-refractivity contribution in [3.8, 4) is 5.00 Å². The van der Waals surface area contributed by atoms with Crippen LogP contribution in [0, 0.1) is 6.07 Å². The van der Waals surface area contributed by atoms with E-state index in [1.807, 2.05) is 23.7 Å². The minimum Gasteiger partial charge on any atom is -0.252 e. The van der Waals surface area contributed by atoms with E-state index < -0.39 is 0 Å². The van der Waals surface area contributed by atoms with Crippen molar-refractivity contribution in [3.63, 3.8) is 0 Å². The standard InChI is InChI=1S/C7H5N2S.Ir/c1-3-7(10-6-1)9-5-2-4-8-9;/h1-2,4-6H;/q-1;. The summed E-state index contributed by atoms with van der Waals surface area (Å²) in [5.74, 6) is 0. The Morgan fingerprint density at radius 2 is 2.45 bits per heavy atom. The number of nitrogens with zero attached hydrogens (tertiary/aromatic N) is 2. The summed E-state index contributed by atoms with van der Waals surface area (Å²) in [6.45, 7) is 0. The predicted molar refractivity (Wildman–Crippen MR) is 40.3 cm³/mol. The molecule has 1 radical (unpaired) electrons. The Hall–Kier alpha value is -0.441. The van der Waals surface area contributed by atoms with E-state index in [-0.39, 0.29) is 20.1 Å². The first kappa shape index (κ1) is 8.65. The Morgan fingerprint density at radius 1 is 1.55 bits per heavy atom. The van der Waals surface area contributed by atoms with Gasteiger partial charge in [-0.3, -0.25) is 4.68 Å². The van der Waals surface area contributed by atoms with Crippen LogP contribution < -0.4 is 0 Å². The normalized spacial score (nSPS) is 9.09. The molecule has 0 fully saturated rings. The Labute approximate surface area is 82.2 Å². The van der Waals surface area contributed by atoms with Crippen LogP contribution in [-0.4, -0.2) is 9.78 Å². The molecule has 0 bridgehead atoms. The number of hydrogen-bond acceptors (Lipinski definition) is 2. The Morgan fingerprint density at radius 3 is 3.00 bits per heavy atom. The van der Waals surface area contributed by atoms with Crippen molar-refractivity contribution in [2.45, 2.75) is 0 Å². The van der Waals surface area contributed by atoms with Crippen LogP contribution in [-0.2, 0) is 20.1 Å². The largest absolute Gasteiger partial charge is 0.252 e. The second kappa shape index (κ2) is 3.81. The zero-order valence-electron chi connectivity index (χ0n) is 5.52. The zero-order chi connectivity index (χ0) is 6.81. The van der Waals surface area contributed by atoms with Crippen LogP contribution >= 0.6 is 11.3 Å². The molecular formula is C7H5IrN2S-. The van der Waals surface area contributed by atoms with Gasteiger partial charge in [-0.1, -0.05) is 0 Å². The molecule has 0 aliphatic heterocycles. The number of thiophene rings is 1. The third-order valence-corrected chi connectivity index (χ3v) is 1.97. The summed E-state index contributed by atoms with van der Waals surface area (Å²) in [7, 11) is 0. The topological polar surface area (TPSA) is 17.8 Å². The summed E-state index contributed by atoms with van der Waals surface area (Å²) < 4.78 is 1.80. The fraction of sp³-hybridized carbons (Fsp3) is 0. The monoisotopic (exact) mass is 342 g/mol. The number of rotatable bonds is 1. The number of aromatic nitrogens is 2. The second-order valence-electron chi connectivity index (χ2n) is 1.82. The van der Waals surface area contributed by atoms with Crippen LogP contribution in [0.3, 0.4) is 0 Å². The molecule has 59 valence electrons. The summed E-state index contributed by atoms with van der Waals surface area (Å²) in [5, 5.41) is 7.07. The first-order valence-corrected chi connectivity index (χ1v) is 3.80. The fourth-order valence-corrected chi connectivity index (χ4v) is 1.36. The third-order valence-electron chi connectivity index (χ3n) is 1.17. The van der Waals surface area contributed by atoms with Crippen molar-refractivity contribution >= 4 is 11.3 Å². The molecule has 11 heavy (non-hydrogen) atoms. The van der Waals surface area contributed by atoms with Crippen molar-refractivity contribution < 1.29 is 20.1 Å². The average molecular weight is 341 g/mol. The van der Waals surface area contributed by atoms with Gasteiger partial charge in [0, 0.05) is 37.5 Å². The van der Waals surface area contributed by atoms with Crippen LogP contribution in [0.2, 0.25) is 0 Å². The van der Waals surface area contributed by atoms with Gasteiger partial charge < -0.3 is 0 Å². The molecule has 2 rings (SSSR count). The summed E-state index contributed by atoms with van der Waals surface area (Å²) in [6.07, 6.45) is 3.66. The van der Waals surface area contributed by atoms with Gasteiger partial charge in [0.1, 0.15) is 0 Å². The molecule has 0 aromatic carbocycles. The summed E-state index contributed by atoms with van der Waals surface area (Å²) in [6, 6.07) is 6.85. The molecule has 0 saturated carbocycles. The van der Waals surface area contributed by atoms with Crippen molar-refractivity contribution in [2.24, 2.45) is 0 Å². The molecule has 0 saturated heterocycles. The molecule has 0 aliphatic rings. The van der Waals surface area contributed by atoms with Gasteiger partial charge in [0.25, 0.3) is 0 Å². The molecule has 2 heterocycles. The van der Waals surface area contributed by atoms with Gasteiger partial charge in [-0.2, -0.15) is 10.5 Å². The van der Waals surface area contributed by atoms with Gasteiger partial charge in [-0.05, 0) is 6.07 Å². The van der Waals surface area contributed by atoms with E-state index in [1.54, 1.807) is 22.2 Å². The molecule has 2 aromatic heterocycles. The molecule has 0 aliphatic carbocycles. The minimum absolute atomic E-state index is 0. The van der Waals surface area contributed by atoms with E-state index in [4.69, 9.17) is 0 Å². The van der Waals surface area contributed by atoms with Gasteiger partial charge in [0.15, 0.2) is 0 Å². The summed E-state index contributed by atoms with van der Waals surface area (Å²) >= 11 is 1.63. The van der Waals surface area contributed by atoms with Crippen molar-refractivity contribution in [1.82, 2.24) is 9.78 Å². The minimum atomic E-state index is 0. The first-order chi connectivity index (χ1) is 4.97.